The molecule has 3 aromatic heterocycles. The maximum Gasteiger partial charge on any atom is 0.348 e. The van der Waals surface area contributed by atoms with Crippen molar-refractivity contribution in [3.63, 3.8) is 0 Å². The van der Waals surface area contributed by atoms with E-state index in [4.69, 9.17) is 15.2 Å². The molecule has 0 aliphatic rings. The Morgan fingerprint density at radius 3 is 2.76 bits per heavy atom. The predicted molar refractivity (Wildman–Crippen MR) is 96.2 cm³/mol. The number of imidazole rings is 1. The van der Waals surface area contributed by atoms with E-state index in [1.54, 1.807) is 6.20 Å². The third kappa shape index (κ3) is 3.20. The van der Waals surface area contributed by atoms with Crippen molar-refractivity contribution in [3.05, 3.63) is 46.6 Å². The Hall–Kier alpha value is -2.52. The fourth-order valence-corrected chi connectivity index (χ4v) is 4.45. The second kappa shape index (κ2) is 7.16. The lowest BCUT2D eigenvalue weighted by Gasteiger charge is -2.06. The molecule has 130 valence electrons. The molecule has 0 fully saturated rings. The van der Waals surface area contributed by atoms with Crippen LogP contribution >= 0.6 is 23.1 Å². The van der Waals surface area contributed by atoms with Gasteiger partial charge in [0.15, 0.2) is 5.16 Å². The minimum Gasteiger partial charge on any atom is -0.465 e. The van der Waals surface area contributed by atoms with Crippen LogP contribution < -0.4 is 5.73 Å². The van der Waals surface area contributed by atoms with Crippen molar-refractivity contribution >= 4 is 45.6 Å². The average Bonchev–Trinajstić information content (AvgIpc) is 3.19. The van der Waals surface area contributed by atoms with Gasteiger partial charge in [0.25, 0.3) is 0 Å². The molecule has 2 N–H and O–H groups in total. The number of hydrogen-bond donors (Lipinski definition) is 1. The summed E-state index contributed by atoms with van der Waals surface area (Å²) in [6, 6.07) is 5.77. The van der Waals surface area contributed by atoms with Crippen molar-refractivity contribution in [1.82, 2.24) is 9.38 Å². The number of esters is 2. The Kier molecular flexibility index (Phi) is 4.95. The number of fused-ring (bicyclic) bond motifs is 1. The lowest BCUT2D eigenvalue weighted by atomic mass is 10.1. The smallest absolute Gasteiger partial charge is 0.348 e. The Morgan fingerprint density at radius 2 is 2.04 bits per heavy atom. The zero-order valence-electron chi connectivity index (χ0n) is 13.5. The number of aromatic nitrogens is 2. The van der Waals surface area contributed by atoms with Gasteiger partial charge >= 0.3 is 11.9 Å². The first-order valence-electron chi connectivity index (χ1n) is 7.19. The predicted octanol–water partition coefficient (Wildman–Crippen LogP) is 2.84. The van der Waals surface area contributed by atoms with Gasteiger partial charge in [0.05, 0.1) is 31.5 Å². The van der Waals surface area contributed by atoms with E-state index in [2.05, 4.69) is 4.98 Å². The largest absolute Gasteiger partial charge is 0.465 e. The average molecular weight is 377 g/mol. The molecular weight excluding hydrogens is 362 g/mol. The quantitative estimate of drug-likeness (QED) is 0.539. The highest BCUT2D eigenvalue weighted by atomic mass is 32.2. The minimum absolute atomic E-state index is 0.210. The topological polar surface area (TPSA) is 95.9 Å². The van der Waals surface area contributed by atoms with Gasteiger partial charge in [-0.3, -0.25) is 4.40 Å². The van der Waals surface area contributed by atoms with Crippen LogP contribution in [0, 0.1) is 0 Å². The van der Waals surface area contributed by atoms with E-state index in [0.717, 1.165) is 22.0 Å². The van der Waals surface area contributed by atoms with Gasteiger partial charge in [-0.05, 0) is 12.1 Å². The Morgan fingerprint density at radius 1 is 1.28 bits per heavy atom. The van der Waals surface area contributed by atoms with Crippen molar-refractivity contribution in [2.24, 2.45) is 0 Å². The highest BCUT2D eigenvalue weighted by molar-refractivity contribution is 7.98. The van der Waals surface area contributed by atoms with E-state index >= 15 is 0 Å². The SMILES string of the molecule is COC(=O)c1sc(N)c(C(=O)OC)c1CSc1ncc2ccccn12. The van der Waals surface area contributed by atoms with Gasteiger partial charge in [0.2, 0.25) is 0 Å². The fourth-order valence-electron chi connectivity index (χ4n) is 2.37. The number of anilines is 1. The molecule has 0 saturated heterocycles. The van der Waals surface area contributed by atoms with Gasteiger partial charge < -0.3 is 15.2 Å². The maximum atomic E-state index is 12.1. The first-order valence-corrected chi connectivity index (χ1v) is 8.99. The molecule has 0 unspecified atom stereocenters. The van der Waals surface area contributed by atoms with Gasteiger partial charge in [-0.2, -0.15) is 0 Å². The van der Waals surface area contributed by atoms with Gasteiger partial charge in [-0.15, -0.1) is 11.3 Å². The van der Waals surface area contributed by atoms with Crippen LogP contribution in [-0.4, -0.2) is 35.5 Å². The number of nitrogen functional groups attached to an aromatic ring is 1. The third-order valence-corrected chi connectivity index (χ3v) is 5.58. The first kappa shape index (κ1) is 17.3. The van der Waals surface area contributed by atoms with Crippen LogP contribution in [0.2, 0.25) is 0 Å². The number of thioether (sulfide) groups is 1. The number of nitrogens with two attached hydrogens (primary N) is 1. The number of carbonyl (C=O) groups excluding carboxylic acids is 2. The lowest BCUT2D eigenvalue weighted by Crippen LogP contribution is -2.08. The number of carbonyl (C=O) groups is 2. The molecule has 0 radical (unpaired) electrons. The van der Waals surface area contributed by atoms with Crippen molar-refractivity contribution in [1.29, 1.82) is 0 Å². The fraction of sp³-hybridized carbons (Fsp3) is 0.188. The molecular formula is C16H15N3O4S2. The molecule has 0 aromatic carbocycles. The van der Waals surface area contributed by atoms with Gasteiger partial charge in [0.1, 0.15) is 9.88 Å². The second-order valence-electron chi connectivity index (χ2n) is 4.96. The van der Waals surface area contributed by atoms with Crippen LogP contribution in [0.1, 0.15) is 25.6 Å². The van der Waals surface area contributed by atoms with Gasteiger partial charge in [0, 0.05) is 17.5 Å². The van der Waals surface area contributed by atoms with Crippen LogP contribution in [0.3, 0.4) is 0 Å². The molecule has 0 aliphatic heterocycles. The molecule has 0 aliphatic carbocycles. The van der Waals surface area contributed by atoms with Crippen LogP contribution in [0.5, 0.6) is 0 Å². The molecule has 0 bridgehead atoms. The molecule has 0 amide bonds. The molecule has 0 atom stereocenters. The molecule has 9 heteroatoms. The van der Waals surface area contributed by atoms with E-state index < -0.39 is 11.9 Å². The summed E-state index contributed by atoms with van der Waals surface area (Å²) < 4.78 is 11.5. The van der Waals surface area contributed by atoms with Crippen molar-refractivity contribution in [2.45, 2.75) is 10.9 Å². The van der Waals surface area contributed by atoms with Crippen molar-refractivity contribution < 1.29 is 19.1 Å². The summed E-state index contributed by atoms with van der Waals surface area (Å²) >= 11 is 2.41. The summed E-state index contributed by atoms with van der Waals surface area (Å²) in [4.78, 5) is 28.8. The maximum absolute atomic E-state index is 12.1. The molecule has 7 nitrogen and oxygen atoms in total. The monoisotopic (exact) mass is 377 g/mol. The molecule has 25 heavy (non-hydrogen) atoms. The van der Waals surface area contributed by atoms with E-state index in [1.807, 2.05) is 28.8 Å². The van der Waals surface area contributed by atoms with E-state index in [-0.39, 0.29) is 10.6 Å². The van der Waals surface area contributed by atoms with E-state index in [9.17, 15) is 9.59 Å². The first-order chi connectivity index (χ1) is 12.1. The van der Waals surface area contributed by atoms with Crippen molar-refractivity contribution in [2.75, 3.05) is 20.0 Å². The highest BCUT2D eigenvalue weighted by Crippen LogP contribution is 2.36. The molecule has 3 aromatic rings. The Bertz CT molecular complexity index is 948. The minimum atomic E-state index is -0.576. The van der Waals surface area contributed by atoms with Gasteiger partial charge in [-0.1, -0.05) is 17.8 Å². The molecule has 0 spiro atoms. The zero-order valence-corrected chi connectivity index (χ0v) is 15.1. The van der Waals surface area contributed by atoms with Crippen molar-refractivity contribution in [3.8, 4) is 0 Å². The summed E-state index contributed by atoms with van der Waals surface area (Å²) in [7, 11) is 2.56. The second-order valence-corrected chi connectivity index (χ2v) is 6.95. The van der Waals surface area contributed by atoms with E-state index in [1.165, 1.54) is 26.0 Å². The standard InChI is InChI=1S/C16H15N3O4S2/c1-22-14(20)11-10(12(15(21)23-2)25-13(11)17)8-24-16-18-7-9-5-3-4-6-19(9)16/h3-7H,8,17H2,1-2H3. The summed E-state index contributed by atoms with van der Waals surface area (Å²) in [5.74, 6) is -0.778. The molecule has 3 rings (SSSR count). The lowest BCUT2D eigenvalue weighted by molar-refractivity contribution is 0.0601. The number of thiophene rings is 1. The summed E-state index contributed by atoms with van der Waals surface area (Å²) in [5.41, 5.74) is 7.59. The number of nitrogens with zero attached hydrogens (tertiary/aromatic N) is 2. The number of methoxy groups -OCH3 is 2. The summed E-state index contributed by atoms with van der Waals surface area (Å²) in [5, 5.41) is 0.975. The normalized spacial score (nSPS) is 10.8. The Balaban J connectivity index is 1.97. The molecule has 3 heterocycles. The number of ether oxygens (including phenoxy) is 2. The Labute approximate surface area is 151 Å². The number of hydrogen-bond acceptors (Lipinski definition) is 8. The number of rotatable bonds is 5. The zero-order chi connectivity index (χ0) is 18.0. The van der Waals surface area contributed by atoms with Crippen LogP contribution in [-0.2, 0) is 15.2 Å². The van der Waals surface area contributed by atoms with E-state index in [0.29, 0.717) is 16.2 Å². The van der Waals surface area contributed by atoms with Crippen LogP contribution in [0.15, 0.2) is 35.7 Å². The van der Waals surface area contributed by atoms with Crippen LogP contribution in [0.25, 0.3) is 5.52 Å². The van der Waals surface area contributed by atoms with Crippen LogP contribution in [0.4, 0.5) is 5.00 Å². The third-order valence-electron chi connectivity index (χ3n) is 3.54. The summed E-state index contributed by atoms with van der Waals surface area (Å²) in [6.07, 6.45) is 3.65. The number of pyridine rings is 1. The van der Waals surface area contributed by atoms with Gasteiger partial charge in [-0.25, -0.2) is 14.6 Å². The highest BCUT2D eigenvalue weighted by Gasteiger charge is 2.27. The summed E-state index contributed by atoms with van der Waals surface area (Å²) in [6.45, 7) is 0. The molecule has 0 saturated carbocycles.